The third-order valence-corrected chi connectivity index (χ3v) is 5.54. The Kier molecular flexibility index (Phi) is 6.04. The predicted molar refractivity (Wildman–Crippen MR) is 117 cm³/mol. The van der Waals surface area contributed by atoms with E-state index in [1.54, 1.807) is 0 Å². The highest BCUT2D eigenvalue weighted by molar-refractivity contribution is 5.30. The number of rotatable bonds is 6. The molecule has 0 spiro atoms. The van der Waals surface area contributed by atoms with Crippen LogP contribution in [0.3, 0.4) is 0 Å². The van der Waals surface area contributed by atoms with Crippen molar-refractivity contribution in [2.75, 3.05) is 25.5 Å². The minimum absolute atomic E-state index is 0.200. The number of halogens is 1. The zero-order chi connectivity index (χ0) is 21.1. The molecule has 2 aromatic heterocycles. The first-order valence-electron chi connectivity index (χ1n) is 10.4. The summed E-state index contributed by atoms with van der Waals surface area (Å²) in [6.07, 6.45) is 6.87. The maximum atomic E-state index is 13.2. The minimum atomic E-state index is -0.200. The summed E-state index contributed by atoms with van der Waals surface area (Å²) in [6, 6.07) is 11.4. The van der Waals surface area contributed by atoms with Crippen molar-refractivity contribution in [3.8, 4) is 0 Å². The van der Waals surface area contributed by atoms with Gasteiger partial charge < -0.3 is 4.90 Å². The van der Waals surface area contributed by atoms with Gasteiger partial charge in [0.25, 0.3) is 0 Å². The Morgan fingerprint density at radius 1 is 1.03 bits per heavy atom. The van der Waals surface area contributed by atoms with Crippen LogP contribution in [0.4, 0.5) is 10.3 Å². The van der Waals surface area contributed by atoms with E-state index >= 15 is 0 Å². The van der Waals surface area contributed by atoms with Crippen LogP contribution >= 0.6 is 0 Å². The molecule has 1 aliphatic heterocycles. The van der Waals surface area contributed by atoms with E-state index in [0.717, 1.165) is 60.8 Å². The maximum absolute atomic E-state index is 13.2. The van der Waals surface area contributed by atoms with Gasteiger partial charge >= 0.3 is 0 Å². The fraction of sp³-hybridized carbons (Fsp3) is 0.375. The lowest BCUT2D eigenvalue weighted by molar-refractivity contribution is 0.243. The summed E-state index contributed by atoms with van der Waals surface area (Å²) >= 11 is 0. The Morgan fingerprint density at radius 2 is 1.77 bits per heavy atom. The Bertz CT molecular complexity index is 985. The molecule has 0 radical (unpaired) electrons. The standard InChI is InChI=1S/C24H28FN5/c1-17-11-19(12-18-6-8-21(25)9-7-18)13-22(28-17)23-5-4-10-30(23)16-20-14-26-24(27-15-20)29(2)3/h6-9,11,13-15,23H,4-5,10,12,16H2,1-3H3/t23-/m1/s1. The van der Waals surface area contributed by atoms with Gasteiger partial charge in [-0.1, -0.05) is 12.1 Å². The summed E-state index contributed by atoms with van der Waals surface area (Å²) in [4.78, 5) is 18.1. The van der Waals surface area contributed by atoms with Crippen molar-refractivity contribution in [1.82, 2.24) is 19.9 Å². The smallest absolute Gasteiger partial charge is 0.224 e. The Labute approximate surface area is 177 Å². The van der Waals surface area contributed by atoms with Gasteiger partial charge in [0, 0.05) is 44.3 Å². The normalized spacial score (nSPS) is 16.7. The molecule has 30 heavy (non-hydrogen) atoms. The fourth-order valence-corrected chi connectivity index (χ4v) is 4.12. The Hall–Kier alpha value is -2.86. The summed E-state index contributed by atoms with van der Waals surface area (Å²) in [5, 5.41) is 0. The van der Waals surface area contributed by atoms with Crippen molar-refractivity contribution < 1.29 is 4.39 Å². The monoisotopic (exact) mass is 405 g/mol. The summed E-state index contributed by atoms with van der Waals surface area (Å²) in [6.45, 7) is 3.91. The molecule has 0 aliphatic carbocycles. The SMILES string of the molecule is Cc1cc(Cc2ccc(F)cc2)cc([C@H]2CCCN2Cc2cnc(N(C)C)nc2)n1. The van der Waals surface area contributed by atoms with E-state index in [9.17, 15) is 4.39 Å². The van der Waals surface area contributed by atoms with Gasteiger partial charge in [0.1, 0.15) is 5.82 Å². The second kappa shape index (κ2) is 8.88. The van der Waals surface area contributed by atoms with Gasteiger partial charge in [-0.3, -0.25) is 9.88 Å². The Balaban J connectivity index is 1.51. The lowest BCUT2D eigenvalue weighted by atomic mass is 10.0. The van der Waals surface area contributed by atoms with Crippen LogP contribution in [0, 0.1) is 12.7 Å². The molecule has 6 heteroatoms. The minimum Gasteiger partial charge on any atom is -0.347 e. The van der Waals surface area contributed by atoms with E-state index in [2.05, 4.69) is 27.0 Å². The fourth-order valence-electron chi connectivity index (χ4n) is 4.12. The van der Waals surface area contributed by atoms with Crippen LogP contribution in [0.25, 0.3) is 0 Å². The maximum Gasteiger partial charge on any atom is 0.224 e. The van der Waals surface area contributed by atoms with Gasteiger partial charge in [-0.25, -0.2) is 14.4 Å². The van der Waals surface area contributed by atoms with E-state index in [0.29, 0.717) is 6.04 Å². The highest BCUT2D eigenvalue weighted by Crippen LogP contribution is 2.33. The van der Waals surface area contributed by atoms with Gasteiger partial charge in [0.05, 0.1) is 11.7 Å². The number of hydrogen-bond donors (Lipinski definition) is 0. The van der Waals surface area contributed by atoms with Crippen molar-refractivity contribution in [3.63, 3.8) is 0 Å². The van der Waals surface area contributed by atoms with Crippen molar-refractivity contribution >= 4 is 5.95 Å². The molecule has 1 aliphatic rings. The van der Waals surface area contributed by atoms with E-state index in [4.69, 9.17) is 4.98 Å². The van der Waals surface area contributed by atoms with Gasteiger partial charge in [0.2, 0.25) is 5.95 Å². The third-order valence-electron chi connectivity index (χ3n) is 5.54. The molecule has 156 valence electrons. The second-order valence-electron chi connectivity index (χ2n) is 8.26. The molecule has 1 atom stereocenters. The number of benzene rings is 1. The van der Waals surface area contributed by atoms with E-state index in [-0.39, 0.29) is 5.82 Å². The predicted octanol–water partition coefficient (Wildman–Crippen LogP) is 4.31. The topological polar surface area (TPSA) is 45.2 Å². The molecule has 0 unspecified atom stereocenters. The molecular weight excluding hydrogens is 377 g/mol. The zero-order valence-corrected chi connectivity index (χ0v) is 17.8. The molecule has 4 rings (SSSR count). The van der Waals surface area contributed by atoms with Gasteiger partial charge in [-0.05, 0) is 68.1 Å². The largest absolute Gasteiger partial charge is 0.347 e. The van der Waals surface area contributed by atoms with Gasteiger partial charge in [0.15, 0.2) is 0 Å². The first-order valence-corrected chi connectivity index (χ1v) is 10.4. The highest BCUT2D eigenvalue weighted by Gasteiger charge is 2.27. The molecule has 1 aromatic carbocycles. The number of aryl methyl sites for hydroxylation is 1. The second-order valence-corrected chi connectivity index (χ2v) is 8.26. The number of nitrogens with zero attached hydrogens (tertiary/aromatic N) is 5. The van der Waals surface area contributed by atoms with E-state index in [1.807, 2.05) is 50.4 Å². The van der Waals surface area contributed by atoms with Crippen LogP contribution in [0.1, 0.15) is 47.0 Å². The molecule has 0 amide bonds. The molecule has 1 fully saturated rings. The first-order chi connectivity index (χ1) is 14.5. The summed E-state index contributed by atoms with van der Waals surface area (Å²) in [7, 11) is 3.89. The number of hydrogen-bond acceptors (Lipinski definition) is 5. The van der Waals surface area contributed by atoms with Crippen molar-refractivity contribution in [3.05, 3.63) is 82.7 Å². The lowest BCUT2D eigenvalue weighted by Crippen LogP contribution is -2.24. The number of likely N-dealkylation sites (tertiary alicyclic amines) is 1. The van der Waals surface area contributed by atoms with Crippen LogP contribution in [0.15, 0.2) is 48.8 Å². The van der Waals surface area contributed by atoms with Crippen LogP contribution in [0.5, 0.6) is 0 Å². The first kappa shape index (κ1) is 20.4. The highest BCUT2D eigenvalue weighted by atomic mass is 19.1. The van der Waals surface area contributed by atoms with Crippen LogP contribution < -0.4 is 4.90 Å². The Morgan fingerprint density at radius 3 is 2.47 bits per heavy atom. The van der Waals surface area contributed by atoms with Crippen molar-refractivity contribution in [2.45, 2.75) is 38.8 Å². The quantitative estimate of drug-likeness (QED) is 0.611. The van der Waals surface area contributed by atoms with Crippen molar-refractivity contribution in [2.24, 2.45) is 0 Å². The third kappa shape index (κ3) is 4.82. The number of pyridine rings is 1. The molecule has 0 N–H and O–H groups in total. The van der Waals surface area contributed by atoms with Crippen LogP contribution in [0.2, 0.25) is 0 Å². The molecular formula is C24H28FN5. The molecule has 3 heterocycles. The summed E-state index contributed by atoms with van der Waals surface area (Å²) in [5.41, 5.74) is 5.58. The molecule has 0 bridgehead atoms. The average Bonchev–Trinajstić information content (AvgIpc) is 3.18. The number of aromatic nitrogens is 3. The van der Waals surface area contributed by atoms with Gasteiger partial charge in [-0.2, -0.15) is 0 Å². The van der Waals surface area contributed by atoms with E-state index < -0.39 is 0 Å². The molecule has 3 aromatic rings. The van der Waals surface area contributed by atoms with Crippen LogP contribution in [-0.2, 0) is 13.0 Å². The van der Waals surface area contributed by atoms with E-state index in [1.165, 1.54) is 17.7 Å². The summed E-state index contributed by atoms with van der Waals surface area (Å²) in [5.74, 6) is 0.525. The number of anilines is 1. The zero-order valence-electron chi connectivity index (χ0n) is 17.8. The average molecular weight is 406 g/mol. The van der Waals surface area contributed by atoms with Crippen LogP contribution in [-0.4, -0.2) is 40.5 Å². The molecule has 5 nitrogen and oxygen atoms in total. The lowest BCUT2D eigenvalue weighted by Gasteiger charge is -2.25. The van der Waals surface area contributed by atoms with Crippen molar-refractivity contribution in [1.29, 1.82) is 0 Å². The molecule has 1 saturated heterocycles. The van der Waals surface area contributed by atoms with Gasteiger partial charge in [-0.15, -0.1) is 0 Å². The summed E-state index contributed by atoms with van der Waals surface area (Å²) < 4.78 is 13.2. The molecule has 0 saturated carbocycles.